The summed E-state index contributed by atoms with van der Waals surface area (Å²) in [5.41, 5.74) is 8.34. The van der Waals surface area contributed by atoms with Gasteiger partial charge in [0, 0.05) is 4.47 Å². The van der Waals surface area contributed by atoms with Crippen molar-refractivity contribution in [3.8, 4) is 11.5 Å². The van der Waals surface area contributed by atoms with Crippen LogP contribution in [0, 0.1) is 13.8 Å². The van der Waals surface area contributed by atoms with E-state index in [4.69, 9.17) is 22.7 Å². The molecular formula is C14H13BrN2OS. The molecule has 1 heterocycles. The second-order valence-electron chi connectivity index (χ2n) is 4.22. The number of thiocarbonyl (C=S) groups is 1. The molecule has 0 unspecified atom stereocenters. The van der Waals surface area contributed by atoms with Crippen molar-refractivity contribution in [1.29, 1.82) is 0 Å². The van der Waals surface area contributed by atoms with Crippen molar-refractivity contribution in [2.24, 2.45) is 5.73 Å². The fourth-order valence-electron chi connectivity index (χ4n) is 1.69. The largest absolute Gasteiger partial charge is 0.456 e. The minimum atomic E-state index is 0.280. The topological polar surface area (TPSA) is 48.1 Å². The average Bonchev–Trinajstić information content (AvgIpc) is 2.36. The Bertz CT molecular complexity index is 603. The highest BCUT2D eigenvalue weighted by molar-refractivity contribution is 9.10. The van der Waals surface area contributed by atoms with Crippen LogP contribution >= 0.6 is 28.1 Å². The quantitative estimate of drug-likeness (QED) is 0.864. The number of hydrogen-bond acceptors (Lipinski definition) is 3. The Kier molecular flexibility index (Phi) is 4.17. The number of rotatable bonds is 3. The number of aromatic nitrogens is 1. The van der Waals surface area contributed by atoms with Crippen molar-refractivity contribution >= 4 is 33.1 Å². The Morgan fingerprint density at radius 3 is 2.32 bits per heavy atom. The lowest BCUT2D eigenvalue weighted by atomic mass is 10.1. The molecule has 0 atom stereocenters. The van der Waals surface area contributed by atoms with Gasteiger partial charge in [-0.3, -0.25) is 0 Å². The van der Waals surface area contributed by atoms with Crippen LogP contribution < -0.4 is 10.5 Å². The first kappa shape index (κ1) is 14.0. The summed E-state index contributed by atoms with van der Waals surface area (Å²) in [5, 5.41) is 0. The third kappa shape index (κ3) is 3.30. The Balaban J connectivity index is 2.24. The van der Waals surface area contributed by atoms with Gasteiger partial charge in [0.15, 0.2) is 0 Å². The summed E-state index contributed by atoms with van der Waals surface area (Å²) in [6.07, 6.45) is 1.61. The number of aryl methyl sites for hydroxylation is 2. The highest BCUT2D eigenvalue weighted by Crippen LogP contribution is 2.29. The standard InChI is InChI=1S/C14H13BrN2OS/c1-8-5-11(6-9(2)13(8)15)18-10-3-4-12(14(16)19)17-7-10/h3-7H,1-2H3,(H2,16,19). The molecule has 1 aromatic carbocycles. The van der Waals surface area contributed by atoms with Crippen molar-refractivity contribution in [2.45, 2.75) is 13.8 Å². The minimum absolute atomic E-state index is 0.280. The van der Waals surface area contributed by atoms with Crippen molar-refractivity contribution in [3.05, 3.63) is 51.8 Å². The average molecular weight is 337 g/mol. The lowest BCUT2D eigenvalue weighted by molar-refractivity contribution is 0.479. The lowest BCUT2D eigenvalue weighted by Crippen LogP contribution is -2.10. The van der Waals surface area contributed by atoms with Crippen LogP contribution in [-0.2, 0) is 0 Å². The van der Waals surface area contributed by atoms with Crippen LogP contribution in [0.25, 0.3) is 0 Å². The summed E-state index contributed by atoms with van der Waals surface area (Å²) in [5.74, 6) is 1.43. The Hall–Kier alpha value is -1.46. The summed E-state index contributed by atoms with van der Waals surface area (Å²) < 4.78 is 6.86. The number of nitrogens with two attached hydrogens (primary N) is 1. The van der Waals surface area contributed by atoms with Gasteiger partial charge in [0.2, 0.25) is 0 Å². The van der Waals surface area contributed by atoms with Crippen LogP contribution in [-0.4, -0.2) is 9.97 Å². The first-order valence-corrected chi connectivity index (χ1v) is 6.88. The number of pyridine rings is 1. The lowest BCUT2D eigenvalue weighted by Gasteiger charge is -2.09. The van der Waals surface area contributed by atoms with E-state index in [1.807, 2.05) is 26.0 Å². The van der Waals surface area contributed by atoms with Gasteiger partial charge in [-0.05, 0) is 49.2 Å². The predicted molar refractivity (Wildman–Crippen MR) is 83.8 cm³/mol. The Labute approximate surface area is 125 Å². The van der Waals surface area contributed by atoms with E-state index in [0.29, 0.717) is 11.4 Å². The summed E-state index contributed by atoms with van der Waals surface area (Å²) in [6, 6.07) is 7.49. The van der Waals surface area contributed by atoms with E-state index in [1.165, 1.54) is 0 Å². The SMILES string of the molecule is Cc1cc(Oc2ccc(C(N)=S)nc2)cc(C)c1Br. The molecule has 2 rings (SSSR count). The summed E-state index contributed by atoms with van der Waals surface area (Å²) >= 11 is 8.38. The third-order valence-corrected chi connectivity index (χ3v) is 4.09. The molecule has 0 amide bonds. The maximum Gasteiger partial charge on any atom is 0.145 e. The number of benzene rings is 1. The van der Waals surface area contributed by atoms with Gasteiger partial charge in [-0.2, -0.15) is 0 Å². The molecule has 0 aliphatic heterocycles. The number of halogens is 1. The fraction of sp³-hybridized carbons (Fsp3) is 0.143. The van der Waals surface area contributed by atoms with Crippen LogP contribution in [0.2, 0.25) is 0 Å². The van der Waals surface area contributed by atoms with Gasteiger partial charge in [-0.15, -0.1) is 0 Å². The van der Waals surface area contributed by atoms with Gasteiger partial charge in [0.25, 0.3) is 0 Å². The van der Waals surface area contributed by atoms with Crippen LogP contribution in [0.1, 0.15) is 16.8 Å². The number of hydrogen-bond donors (Lipinski definition) is 1. The zero-order valence-electron chi connectivity index (χ0n) is 10.6. The first-order valence-electron chi connectivity index (χ1n) is 5.68. The second-order valence-corrected chi connectivity index (χ2v) is 5.45. The van der Waals surface area contributed by atoms with Gasteiger partial charge in [0.05, 0.1) is 11.9 Å². The molecular weight excluding hydrogens is 324 g/mol. The van der Waals surface area contributed by atoms with E-state index in [2.05, 4.69) is 20.9 Å². The molecule has 2 aromatic rings. The van der Waals surface area contributed by atoms with Crippen molar-refractivity contribution in [2.75, 3.05) is 0 Å². The number of ether oxygens (including phenoxy) is 1. The molecule has 98 valence electrons. The summed E-state index contributed by atoms with van der Waals surface area (Å²) in [4.78, 5) is 4.42. The van der Waals surface area contributed by atoms with Gasteiger partial charge in [-0.1, -0.05) is 28.1 Å². The molecule has 3 nitrogen and oxygen atoms in total. The Morgan fingerprint density at radius 2 is 1.84 bits per heavy atom. The monoisotopic (exact) mass is 336 g/mol. The van der Waals surface area contributed by atoms with Gasteiger partial charge in [-0.25, -0.2) is 4.98 Å². The van der Waals surface area contributed by atoms with Crippen molar-refractivity contribution in [3.63, 3.8) is 0 Å². The molecule has 0 fully saturated rings. The smallest absolute Gasteiger partial charge is 0.145 e. The summed E-state index contributed by atoms with van der Waals surface area (Å²) in [7, 11) is 0. The maximum absolute atomic E-state index is 5.76. The van der Waals surface area contributed by atoms with E-state index in [9.17, 15) is 0 Å². The predicted octanol–water partition coefficient (Wildman–Crippen LogP) is 3.89. The maximum atomic E-state index is 5.76. The minimum Gasteiger partial charge on any atom is -0.456 e. The molecule has 19 heavy (non-hydrogen) atoms. The van der Waals surface area contributed by atoms with E-state index in [1.54, 1.807) is 18.3 Å². The molecule has 5 heteroatoms. The van der Waals surface area contributed by atoms with Gasteiger partial charge in [0.1, 0.15) is 16.5 Å². The Morgan fingerprint density at radius 1 is 1.21 bits per heavy atom. The van der Waals surface area contributed by atoms with Gasteiger partial charge >= 0.3 is 0 Å². The normalized spacial score (nSPS) is 10.3. The molecule has 0 bridgehead atoms. The molecule has 0 spiro atoms. The van der Waals surface area contributed by atoms with E-state index in [0.717, 1.165) is 21.3 Å². The van der Waals surface area contributed by atoms with Crippen LogP contribution in [0.3, 0.4) is 0 Å². The second kappa shape index (κ2) is 5.67. The fourth-order valence-corrected chi connectivity index (χ4v) is 2.04. The first-order chi connectivity index (χ1) is 8.97. The van der Waals surface area contributed by atoms with E-state index >= 15 is 0 Å². The van der Waals surface area contributed by atoms with Crippen LogP contribution in [0.15, 0.2) is 34.9 Å². The van der Waals surface area contributed by atoms with Crippen LogP contribution in [0.4, 0.5) is 0 Å². The molecule has 1 aromatic heterocycles. The van der Waals surface area contributed by atoms with E-state index < -0.39 is 0 Å². The van der Waals surface area contributed by atoms with Crippen LogP contribution in [0.5, 0.6) is 11.5 Å². The molecule has 0 aliphatic carbocycles. The number of nitrogens with zero attached hydrogens (tertiary/aromatic N) is 1. The van der Waals surface area contributed by atoms with E-state index in [-0.39, 0.29) is 4.99 Å². The summed E-state index contributed by atoms with van der Waals surface area (Å²) in [6.45, 7) is 4.05. The highest BCUT2D eigenvalue weighted by Gasteiger charge is 2.05. The molecule has 0 saturated heterocycles. The molecule has 0 aliphatic rings. The highest BCUT2D eigenvalue weighted by atomic mass is 79.9. The van der Waals surface area contributed by atoms with Gasteiger partial charge < -0.3 is 10.5 Å². The zero-order chi connectivity index (χ0) is 14.0. The molecule has 0 saturated carbocycles. The molecule has 0 radical (unpaired) electrons. The molecule has 2 N–H and O–H groups in total. The zero-order valence-corrected chi connectivity index (χ0v) is 13.0. The van der Waals surface area contributed by atoms with Crippen molar-refractivity contribution < 1.29 is 4.74 Å². The third-order valence-electron chi connectivity index (χ3n) is 2.63. The van der Waals surface area contributed by atoms with Crippen molar-refractivity contribution in [1.82, 2.24) is 4.98 Å².